The smallest absolute Gasteiger partial charge is 0.259 e. The number of ether oxygens (including phenoxy) is 1. The number of phenolic OH excluding ortho intramolecular Hbond substituents is 1. The molecule has 3 aromatic rings. The highest BCUT2D eigenvalue weighted by Gasteiger charge is 2.08. The highest BCUT2D eigenvalue weighted by atomic mass is 16.5. The number of phenols is 1. The second-order valence-electron chi connectivity index (χ2n) is 5.92. The Labute approximate surface area is 161 Å². The molecule has 2 amide bonds. The van der Waals surface area contributed by atoms with E-state index in [1.54, 1.807) is 36.4 Å². The minimum Gasteiger partial charge on any atom is -0.507 e. The van der Waals surface area contributed by atoms with E-state index in [9.17, 15) is 14.7 Å². The van der Waals surface area contributed by atoms with Gasteiger partial charge in [-0.2, -0.15) is 5.10 Å². The number of hydrazone groups is 1. The molecule has 0 bridgehead atoms. The van der Waals surface area contributed by atoms with Crippen LogP contribution in [0.5, 0.6) is 11.5 Å². The Morgan fingerprint density at radius 3 is 2.57 bits per heavy atom. The van der Waals surface area contributed by atoms with Gasteiger partial charge in [-0.15, -0.1) is 0 Å². The van der Waals surface area contributed by atoms with Crippen LogP contribution in [0.2, 0.25) is 0 Å². The van der Waals surface area contributed by atoms with E-state index in [4.69, 9.17) is 4.74 Å². The maximum Gasteiger partial charge on any atom is 0.259 e. The molecule has 0 radical (unpaired) electrons. The minimum absolute atomic E-state index is 0.0597. The zero-order valence-corrected chi connectivity index (χ0v) is 15.2. The second-order valence-corrected chi connectivity index (χ2v) is 5.92. The lowest BCUT2D eigenvalue weighted by Crippen LogP contribution is -2.34. The number of hydrogen-bond donors (Lipinski definition) is 3. The van der Waals surface area contributed by atoms with Crippen molar-refractivity contribution >= 4 is 28.8 Å². The standard InChI is InChI=1S/C21H19N3O4/c1-28-16-9-6-15(7-10-16)21(27)22-13-20(26)24-23-12-18-17-5-3-2-4-14(17)8-11-19(18)25/h2-12,25H,13H2,1H3,(H,22,27)(H,24,26). The molecule has 0 aliphatic rings. The van der Waals surface area contributed by atoms with Crippen LogP contribution in [0.3, 0.4) is 0 Å². The maximum atomic E-state index is 12.0. The highest BCUT2D eigenvalue weighted by Crippen LogP contribution is 2.25. The zero-order chi connectivity index (χ0) is 19.9. The van der Waals surface area contributed by atoms with Gasteiger partial charge in [0.05, 0.1) is 19.9 Å². The fourth-order valence-electron chi connectivity index (χ4n) is 2.63. The van der Waals surface area contributed by atoms with Crippen LogP contribution in [0, 0.1) is 0 Å². The molecule has 3 aromatic carbocycles. The first-order valence-corrected chi connectivity index (χ1v) is 8.53. The van der Waals surface area contributed by atoms with Gasteiger partial charge in [0.1, 0.15) is 11.5 Å². The van der Waals surface area contributed by atoms with Gasteiger partial charge in [0.2, 0.25) is 0 Å². The molecule has 0 aliphatic heterocycles. The van der Waals surface area contributed by atoms with E-state index in [0.29, 0.717) is 16.9 Å². The van der Waals surface area contributed by atoms with Gasteiger partial charge < -0.3 is 15.2 Å². The fourth-order valence-corrected chi connectivity index (χ4v) is 2.63. The summed E-state index contributed by atoms with van der Waals surface area (Å²) in [5, 5.41) is 18.2. The van der Waals surface area contributed by atoms with E-state index in [-0.39, 0.29) is 18.2 Å². The Morgan fingerprint density at radius 1 is 1.07 bits per heavy atom. The average Bonchev–Trinajstić information content (AvgIpc) is 2.73. The number of aromatic hydroxyl groups is 1. The van der Waals surface area contributed by atoms with Gasteiger partial charge in [-0.05, 0) is 41.1 Å². The van der Waals surface area contributed by atoms with Crippen LogP contribution < -0.4 is 15.5 Å². The molecule has 0 aliphatic carbocycles. The molecule has 142 valence electrons. The van der Waals surface area contributed by atoms with Crippen molar-refractivity contribution in [3.63, 3.8) is 0 Å². The molecule has 0 atom stereocenters. The summed E-state index contributed by atoms with van der Waals surface area (Å²) in [6.07, 6.45) is 1.38. The lowest BCUT2D eigenvalue weighted by molar-refractivity contribution is -0.120. The third kappa shape index (κ3) is 4.45. The highest BCUT2D eigenvalue weighted by molar-refractivity contribution is 6.02. The number of nitrogens with zero attached hydrogens (tertiary/aromatic N) is 1. The lowest BCUT2D eigenvalue weighted by Gasteiger charge is -2.06. The van der Waals surface area contributed by atoms with Crippen molar-refractivity contribution in [3.8, 4) is 11.5 Å². The molecule has 7 heteroatoms. The molecule has 3 rings (SSSR count). The SMILES string of the molecule is COc1ccc(C(=O)NCC(=O)NN=Cc2c(O)ccc3ccccc23)cc1. The summed E-state index contributed by atoms with van der Waals surface area (Å²) >= 11 is 0. The molecule has 0 heterocycles. The fraction of sp³-hybridized carbons (Fsp3) is 0.0952. The van der Waals surface area contributed by atoms with Crippen molar-refractivity contribution in [1.82, 2.24) is 10.7 Å². The van der Waals surface area contributed by atoms with Crippen molar-refractivity contribution in [1.29, 1.82) is 0 Å². The van der Waals surface area contributed by atoms with Crippen molar-refractivity contribution in [2.75, 3.05) is 13.7 Å². The summed E-state index contributed by atoms with van der Waals surface area (Å²) in [4.78, 5) is 23.9. The van der Waals surface area contributed by atoms with Crippen molar-refractivity contribution in [2.45, 2.75) is 0 Å². The number of benzene rings is 3. The van der Waals surface area contributed by atoms with Gasteiger partial charge in [-0.3, -0.25) is 9.59 Å². The Kier molecular flexibility index (Phi) is 5.86. The second kappa shape index (κ2) is 8.68. The van der Waals surface area contributed by atoms with Gasteiger partial charge in [-0.1, -0.05) is 30.3 Å². The number of carbonyl (C=O) groups is 2. The van der Waals surface area contributed by atoms with Gasteiger partial charge in [-0.25, -0.2) is 5.43 Å². The van der Waals surface area contributed by atoms with Gasteiger partial charge >= 0.3 is 0 Å². The number of rotatable bonds is 6. The molecule has 0 aromatic heterocycles. The topological polar surface area (TPSA) is 100 Å². The van der Waals surface area contributed by atoms with Gasteiger partial charge in [0, 0.05) is 11.1 Å². The Hall–Kier alpha value is -3.87. The van der Waals surface area contributed by atoms with Crippen molar-refractivity contribution in [2.24, 2.45) is 5.10 Å². The summed E-state index contributed by atoms with van der Waals surface area (Å²) in [6.45, 7) is -0.232. The molecular formula is C21H19N3O4. The van der Waals surface area contributed by atoms with Crippen LogP contribution in [0.15, 0.2) is 65.8 Å². The third-order valence-electron chi connectivity index (χ3n) is 4.09. The van der Waals surface area contributed by atoms with Crippen LogP contribution in [-0.2, 0) is 4.79 Å². The van der Waals surface area contributed by atoms with Gasteiger partial charge in [0.25, 0.3) is 11.8 Å². The van der Waals surface area contributed by atoms with E-state index in [1.165, 1.54) is 13.3 Å². The van der Waals surface area contributed by atoms with Crippen LogP contribution in [0.25, 0.3) is 10.8 Å². The van der Waals surface area contributed by atoms with Crippen molar-refractivity contribution < 1.29 is 19.4 Å². The Bertz CT molecular complexity index is 1030. The van der Waals surface area contributed by atoms with Crippen LogP contribution in [0.1, 0.15) is 15.9 Å². The van der Waals surface area contributed by atoms with Crippen LogP contribution in [0.4, 0.5) is 0 Å². The minimum atomic E-state index is -0.488. The summed E-state index contributed by atoms with van der Waals surface area (Å²) < 4.78 is 5.03. The van der Waals surface area contributed by atoms with Crippen LogP contribution >= 0.6 is 0 Å². The van der Waals surface area contributed by atoms with E-state index >= 15 is 0 Å². The number of nitrogens with one attached hydrogen (secondary N) is 2. The lowest BCUT2D eigenvalue weighted by atomic mass is 10.0. The molecule has 28 heavy (non-hydrogen) atoms. The van der Waals surface area contributed by atoms with E-state index in [1.807, 2.05) is 24.3 Å². The first kappa shape index (κ1) is 18.9. The van der Waals surface area contributed by atoms with Crippen LogP contribution in [-0.4, -0.2) is 36.8 Å². The maximum absolute atomic E-state index is 12.0. The molecule has 7 nitrogen and oxygen atoms in total. The third-order valence-corrected chi connectivity index (χ3v) is 4.09. The summed E-state index contributed by atoms with van der Waals surface area (Å²) in [7, 11) is 1.54. The molecule has 0 fully saturated rings. The molecule has 0 saturated heterocycles. The van der Waals surface area contributed by atoms with Crippen molar-refractivity contribution in [3.05, 3.63) is 71.8 Å². The number of carbonyl (C=O) groups excluding carboxylic acids is 2. The number of amides is 2. The van der Waals surface area contributed by atoms with E-state index in [2.05, 4.69) is 15.8 Å². The first-order chi connectivity index (χ1) is 13.6. The summed E-state index contributed by atoms with van der Waals surface area (Å²) in [6, 6.07) is 17.4. The normalized spacial score (nSPS) is 10.8. The predicted octanol–water partition coefficient (Wildman–Crippen LogP) is 2.43. The Morgan fingerprint density at radius 2 is 1.82 bits per heavy atom. The first-order valence-electron chi connectivity index (χ1n) is 8.53. The number of hydrogen-bond acceptors (Lipinski definition) is 5. The molecule has 0 saturated carbocycles. The Balaban J connectivity index is 1.57. The van der Waals surface area contributed by atoms with E-state index in [0.717, 1.165) is 10.8 Å². The number of fused-ring (bicyclic) bond motifs is 1. The number of methoxy groups -OCH3 is 1. The largest absolute Gasteiger partial charge is 0.507 e. The molecule has 0 unspecified atom stereocenters. The molecule has 3 N–H and O–H groups in total. The average molecular weight is 377 g/mol. The van der Waals surface area contributed by atoms with Gasteiger partial charge in [0.15, 0.2) is 0 Å². The monoisotopic (exact) mass is 377 g/mol. The zero-order valence-electron chi connectivity index (χ0n) is 15.2. The molecule has 0 spiro atoms. The predicted molar refractivity (Wildman–Crippen MR) is 107 cm³/mol. The quantitative estimate of drug-likeness (QED) is 0.454. The summed E-state index contributed by atoms with van der Waals surface area (Å²) in [5.74, 6) is -0.170. The molecular weight excluding hydrogens is 358 g/mol. The van der Waals surface area contributed by atoms with E-state index < -0.39 is 5.91 Å². The summed E-state index contributed by atoms with van der Waals surface area (Å²) in [5.41, 5.74) is 3.25.